The monoisotopic (exact) mass is 657 g/mol. The summed E-state index contributed by atoms with van der Waals surface area (Å²) in [6.45, 7) is 0. The Morgan fingerprint density at radius 2 is 0.720 bits per heavy atom. The Morgan fingerprint density at radius 1 is 0.320 bits per heavy atom. The second-order valence-electron chi connectivity index (χ2n) is 12.4. The van der Waals surface area contributed by atoms with Gasteiger partial charge in [-0.1, -0.05) is 188 Å². The van der Waals surface area contributed by atoms with Crippen molar-refractivity contribution in [3.63, 3.8) is 0 Å². The SMILES string of the molecule is c1ccc(-c2ccc(-c3nc(-c4ccccc4)nc(-c4ccc5c(c4)Sc4ccccc4C5(c4ccccc4)c4ccccc4)n3)cc2)cc1. The van der Waals surface area contributed by atoms with Gasteiger partial charge in [0.1, 0.15) is 0 Å². The minimum Gasteiger partial charge on any atom is -0.208 e. The first kappa shape index (κ1) is 30.0. The van der Waals surface area contributed by atoms with Gasteiger partial charge in [0.25, 0.3) is 0 Å². The zero-order valence-electron chi connectivity index (χ0n) is 27.1. The third-order valence-electron chi connectivity index (χ3n) is 9.49. The fourth-order valence-electron chi connectivity index (χ4n) is 7.14. The van der Waals surface area contributed by atoms with Crippen molar-refractivity contribution < 1.29 is 0 Å². The fourth-order valence-corrected chi connectivity index (χ4v) is 8.37. The predicted molar refractivity (Wildman–Crippen MR) is 204 cm³/mol. The number of rotatable bonds is 6. The predicted octanol–water partition coefficient (Wildman–Crippen LogP) is 11.4. The molecular weight excluding hydrogens is 627 g/mol. The molecule has 0 bridgehead atoms. The van der Waals surface area contributed by atoms with Crippen LogP contribution in [0.1, 0.15) is 22.3 Å². The summed E-state index contributed by atoms with van der Waals surface area (Å²) in [5, 5.41) is 0. The first-order valence-electron chi connectivity index (χ1n) is 16.8. The zero-order valence-corrected chi connectivity index (χ0v) is 28.0. The van der Waals surface area contributed by atoms with E-state index in [1.54, 1.807) is 0 Å². The number of fused-ring (bicyclic) bond motifs is 2. The van der Waals surface area contributed by atoms with Crippen molar-refractivity contribution >= 4 is 11.8 Å². The van der Waals surface area contributed by atoms with E-state index < -0.39 is 5.41 Å². The highest BCUT2D eigenvalue weighted by Gasteiger charge is 2.44. The number of aromatic nitrogens is 3. The molecule has 50 heavy (non-hydrogen) atoms. The fraction of sp³-hybridized carbons (Fsp3) is 0.0217. The molecule has 7 aromatic carbocycles. The molecule has 0 aliphatic carbocycles. The molecule has 0 unspecified atom stereocenters. The van der Waals surface area contributed by atoms with Gasteiger partial charge in [-0.15, -0.1) is 0 Å². The standard InChI is InChI=1S/C46H31N3S/c1-5-15-32(16-6-1)33-25-27-35(28-26-33)44-47-43(34-17-7-2-8-18-34)48-45(49-44)36-29-30-40-42(31-36)50-41-24-14-13-23-39(41)46(40,37-19-9-3-10-20-37)38-21-11-4-12-22-38/h1-31H. The lowest BCUT2D eigenvalue weighted by molar-refractivity contribution is 0.703. The normalized spacial score (nSPS) is 12.9. The van der Waals surface area contributed by atoms with E-state index in [0.29, 0.717) is 17.5 Å². The molecule has 0 atom stereocenters. The van der Waals surface area contributed by atoms with Crippen LogP contribution in [0.15, 0.2) is 198 Å². The van der Waals surface area contributed by atoms with Crippen LogP contribution < -0.4 is 0 Å². The number of nitrogens with zero attached hydrogens (tertiary/aromatic N) is 3. The van der Waals surface area contributed by atoms with Gasteiger partial charge < -0.3 is 0 Å². The van der Waals surface area contributed by atoms with Crippen LogP contribution in [0.2, 0.25) is 0 Å². The van der Waals surface area contributed by atoms with Crippen LogP contribution in [-0.2, 0) is 5.41 Å². The summed E-state index contributed by atoms with van der Waals surface area (Å²) in [4.78, 5) is 17.6. The Morgan fingerprint density at radius 3 is 1.32 bits per heavy atom. The Kier molecular flexibility index (Phi) is 7.64. The second kappa shape index (κ2) is 12.7. The maximum Gasteiger partial charge on any atom is 0.164 e. The van der Waals surface area contributed by atoms with E-state index in [2.05, 4.69) is 164 Å². The molecule has 1 aliphatic rings. The van der Waals surface area contributed by atoms with Gasteiger partial charge in [0.2, 0.25) is 0 Å². The van der Waals surface area contributed by atoms with Crippen molar-refractivity contribution in [2.24, 2.45) is 0 Å². The summed E-state index contributed by atoms with van der Waals surface area (Å²) < 4.78 is 0. The molecule has 0 N–H and O–H groups in total. The third kappa shape index (κ3) is 5.22. The Labute approximate surface area is 296 Å². The molecule has 3 nitrogen and oxygen atoms in total. The maximum atomic E-state index is 5.12. The van der Waals surface area contributed by atoms with Crippen molar-refractivity contribution in [3.05, 3.63) is 210 Å². The van der Waals surface area contributed by atoms with Crippen LogP contribution in [-0.4, -0.2) is 15.0 Å². The summed E-state index contributed by atoms with van der Waals surface area (Å²) in [5.74, 6) is 1.94. The largest absolute Gasteiger partial charge is 0.208 e. The average Bonchev–Trinajstić information content (AvgIpc) is 3.21. The average molecular weight is 658 g/mol. The molecule has 1 aromatic heterocycles. The lowest BCUT2D eigenvalue weighted by Gasteiger charge is -2.42. The molecule has 0 saturated heterocycles. The van der Waals surface area contributed by atoms with Gasteiger partial charge in [0, 0.05) is 26.5 Å². The van der Waals surface area contributed by atoms with E-state index in [9.17, 15) is 0 Å². The van der Waals surface area contributed by atoms with Crippen LogP contribution >= 0.6 is 11.8 Å². The molecule has 8 aromatic rings. The van der Waals surface area contributed by atoms with E-state index in [1.807, 2.05) is 36.0 Å². The molecule has 236 valence electrons. The maximum absolute atomic E-state index is 5.12. The number of hydrogen-bond acceptors (Lipinski definition) is 4. The number of benzene rings is 7. The van der Waals surface area contributed by atoms with Gasteiger partial charge in [-0.05, 0) is 45.5 Å². The first-order valence-corrected chi connectivity index (χ1v) is 17.6. The first-order chi connectivity index (χ1) is 24.8. The molecule has 0 fully saturated rings. The minimum absolute atomic E-state index is 0.488. The molecule has 0 radical (unpaired) electrons. The highest BCUT2D eigenvalue weighted by molar-refractivity contribution is 7.99. The highest BCUT2D eigenvalue weighted by Crippen LogP contribution is 2.56. The summed E-state index contributed by atoms with van der Waals surface area (Å²) in [7, 11) is 0. The van der Waals surface area contributed by atoms with Gasteiger partial charge in [-0.2, -0.15) is 0 Å². The van der Waals surface area contributed by atoms with Crippen molar-refractivity contribution in [2.45, 2.75) is 15.2 Å². The lowest BCUT2D eigenvalue weighted by atomic mass is 9.64. The van der Waals surface area contributed by atoms with Gasteiger partial charge >= 0.3 is 0 Å². The van der Waals surface area contributed by atoms with E-state index in [-0.39, 0.29) is 0 Å². The topological polar surface area (TPSA) is 38.7 Å². The van der Waals surface area contributed by atoms with Crippen molar-refractivity contribution in [3.8, 4) is 45.3 Å². The molecule has 2 heterocycles. The van der Waals surface area contributed by atoms with Crippen LogP contribution in [0.4, 0.5) is 0 Å². The second-order valence-corrected chi connectivity index (χ2v) is 13.5. The molecule has 0 saturated carbocycles. The van der Waals surface area contributed by atoms with Crippen molar-refractivity contribution in [1.29, 1.82) is 0 Å². The quantitative estimate of drug-likeness (QED) is 0.178. The Hall–Kier alpha value is -6.10. The Bertz CT molecular complexity index is 2390. The molecule has 9 rings (SSSR count). The van der Waals surface area contributed by atoms with Crippen molar-refractivity contribution in [1.82, 2.24) is 15.0 Å². The van der Waals surface area contributed by atoms with E-state index in [1.165, 1.54) is 37.6 Å². The summed E-state index contributed by atoms with van der Waals surface area (Å²) in [6, 6.07) is 66.4. The van der Waals surface area contributed by atoms with Crippen molar-refractivity contribution in [2.75, 3.05) is 0 Å². The minimum atomic E-state index is -0.488. The summed E-state index contributed by atoms with van der Waals surface area (Å²) in [5.41, 5.74) is 9.69. The van der Waals surface area contributed by atoms with Gasteiger partial charge in [-0.3, -0.25) is 0 Å². The van der Waals surface area contributed by atoms with Gasteiger partial charge in [0.15, 0.2) is 17.5 Å². The molecular formula is C46H31N3S. The van der Waals surface area contributed by atoms with E-state index in [4.69, 9.17) is 15.0 Å². The third-order valence-corrected chi connectivity index (χ3v) is 10.6. The number of hydrogen-bond donors (Lipinski definition) is 0. The molecule has 4 heteroatoms. The van der Waals surface area contributed by atoms with Gasteiger partial charge in [0.05, 0.1) is 5.41 Å². The van der Waals surface area contributed by atoms with Crippen LogP contribution in [0, 0.1) is 0 Å². The molecule has 0 spiro atoms. The van der Waals surface area contributed by atoms with Gasteiger partial charge in [-0.25, -0.2) is 15.0 Å². The van der Waals surface area contributed by atoms with E-state index >= 15 is 0 Å². The van der Waals surface area contributed by atoms with Crippen LogP contribution in [0.3, 0.4) is 0 Å². The van der Waals surface area contributed by atoms with Crippen LogP contribution in [0.5, 0.6) is 0 Å². The smallest absolute Gasteiger partial charge is 0.164 e. The zero-order chi connectivity index (χ0) is 33.3. The summed E-state index contributed by atoms with van der Waals surface area (Å²) in [6.07, 6.45) is 0. The lowest BCUT2D eigenvalue weighted by Crippen LogP contribution is -2.34. The highest BCUT2D eigenvalue weighted by atomic mass is 32.2. The van der Waals surface area contributed by atoms with Crippen LogP contribution in [0.25, 0.3) is 45.3 Å². The summed E-state index contributed by atoms with van der Waals surface area (Å²) >= 11 is 1.81. The molecule has 1 aliphatic heterocycles. The molecule has 0 amide bonds. The van der Waals surface area contributed by atoms with E-state index in [0.717, 1.165) is 22.3 Å². The Balaban J connectivity index is 1.22.